The Bertz CT molecular complexity index is 935. The van der Waals surface area contributed by atoms with Gasteiger partial charge in [-0.3, -0.25) is 0 Å². The molecule has 0 spiro atoms. The van der Waals surface area contributed by atoms with Crippen LogP contribution in [0.3, 0.4) is 0 Å². The second kappa shape index (κ2) is 5.94. The average Bonchev–Trinajstić information content (AvgIpc) is 3.29. The van der Waals surface area contributed by atoms with E-state index in [1.165, 1.54) is 0 Å². The molecule has 0 saturated carbocycles. The highest BCUT2D eigenvalue weighted by Gasteiger charge is 2.23. The first-order valence-electron chi connectivity index (χ1n) is 7.57. The summed E-state index contributed by atoms with van der Waals surface area (Å²) in [7, 11) is 3.16. The lowest BCUT2D eigenvalue weighted by molar-refractivity contribution is 0.171. The lowest BCUT2D eigenvalue weighted by Crippen LogP contribution is -1.93. The van der Waals surface area contributed by atoms with Crippen LogP contribution in [0.4, 0.5) is 5.69 Å². The van der Waals surface area contributed by atoms with Crippen LogP contribution in [-0.4, -0.2) is 26.2 Å². The van der Waals surface area contributed by atoms with E-state index in [2.05, 4.69) is 5.16 Å². The van der Waals surface area contributed by atoms with Gasteiger partial charge in [-0.25, -0.2) is 0 Å². The van der Waals surface area contributed by atoms with E-state index in [-0.39, 0.29) is 6.79 Å². The van der Waals surface area contributed by atoms with Crippen LogP contribution in [-0.2, 0) is 0 Å². The Morgan fingerprint density at radius 2 is 1.84 bits per heavy atom. The number of methoxy groups -OCH3 is 2. The van der Waals surface area contributed by atoms with Gasteiger partial charge in [-0.15, -0.1) is 0 Å². The number of aromatic nitrogens is 1. The lowest BCUT2D eigenvalue weighted by Gasteiger charge is -2.09. The quantitative estimate of drug-likeness (QED) is 0.729. The first-order chi connectivity index (χ1) is 12.2. The molecule has 7 heteroatoms. The maximum Gasteiger partial charge on any atom is 0.231 e. The maximum absolute atomic E-state index is 6.01. The number of benzene rings is 2. The minimum atomic E-state index is 0.163. The summed E-state index contributed by atoms with van der Waals surface area (Å²) >= 11 is 0. The fraction of sp³-hybridized carbons (Fsp3) is 0.167. The van der Waals surface area contributed by atoms with Gasteiger partial charge in [0.05, 0.1) is 19.9 Å². The molecular weight excluding hydrogens is 324 g/mol. The number of ether oxygens (including phenoxy) is 4. The van der Waals surface area contributed by atoms with Gasteiger partial charge >= 0.3 is 0 Å². The number of nitrogens with two attached hydrogens (primary N) is 1. The van der Waals surface area contributed by atoms with Crippen molar-refractivity contribution in [3.05, 3.63) is 36.6 Å². The molecule has 0 amide bonds. The molecule has 0 radical (unpaired) electrons. The Morgan fingerprint density at radius 3 is 2.60 bits per heavy atom. The minimum Gasteiger partial charge on any atom is -0.495 e. The zero-order chi connectivity index (χ0) is 17.4. The fourth-order valence-electron chi connectivity index (χ4n) is 2.82. The lowest BCUT2D eigenvalue weighted by atomic mass is 10.0. The molecular formula is C18H16N2O5. The van der Waals surface area contributed by atoms with Gasteiger partial charge in [0, 0.05) is 11.1 Å². The highest BCUT2D eigenvalue weighted by molar-refractivity contribution is 5.83. The second-order valence-electron chi connectivity index (χ2n) is 5.45. The monoisotopic (exact) mass is 340 g/mol. The SMILES string of the molecule is COc1ccc(-c2conc2-c2cc(OC)c3c(c2)OCO3)cc1N. The van der Waals surface area contributed by atoms with Crippen LogP contribution in [0.1, 0.15) is 0 Å². The van der Waals surface area contributed by atoms with E-state index >= 15 is 0 Å². The Kier molecular flexibility index (Phi) is 3.61. The highest BCUT2D eigenvalue weighted by Crippen LogP contribution is 2.45. The van der Waals surface area contributed by atoms with Crippen molar-refractivity contribution in [1.29, 1.82) is 0 Å². The van der Waals surface area contributed by atoms with E-state index in [4.69, 9.17) is 29.2 Å². The van der Waals surface area contributed by atoms with Crippen LogP contribution in [0.2, 0.25) is 0 Å². The second-order valence-corrected chi connectivity index (χ2v) is 5.45. The van der Waals surface area contributed by atoms with Gasteiger partial charge in [-0.1, -0.05) is 11.2 Å². The van der Waals surface area contributed by atoms with Crippen molar-refractivity contribution in [1.82, 2.24) is 5.16 Å². The summed E-state index contributed by atoms with van der Waals surface area (Å²) in [4.78, 5) is 0. The van der Waals surface area contributed by atoms with Crippen molar-refractivity contribution in [2.45, 2.75) is 0 Å². The molecule has 2 N–H and O–H groups in total. The summed E-state index contributed by atoms with van der Waals surface area (Å²) in [6.45, 7) is 0.163. The largest absolute Gasteiger partial charge is 0.495 e. The molecule has 4 rings (SSSR count). The molecule has 0 aliphatic carbocycles. The number of nitrogen functional groups attached to an aromatic ring is 1. The van der Waals surface area contributed by atoms with Crippen molar-refractivity contribution in [2.24, 2.45) is 0 Å². The average molecular weight is 340 g/mol. The standard InChI is InChI=1S/C18H16N2O5/c1-21-14-4-3-10(5-13(14)19)12-8-25-20-17(12)11-6-15(22-2)18-16(7-11)23-9-24-18/h3-8H,9,19H2,1-2H3. The third-order valence-corrected chi connectivity index (χ3v) is 4.04. The Morgan fingerprint density at radius 1 is 1.00 bits per heavy atom. The van der Waals surface area contributed by atoms with Crippen molar-refractivity contribution < 1.29 is 23.5 Å². The summed E-state index contributed by atoms with van der Waals surface area (Å²) in [5.74, 6) is 2.39. The third kappa shape index (κ3) is 2.50. The molecule has 0 fully saturated rings. The topological polar surface area (TPSA) is 89.0 Å². The van der Waals surface area contributed by atoms with Crippen LogP contribution in [0.25, 0.3) is 22.4 Å². The van der Waals surface area contributed by atoms with Crippen molar-refractivity contribution >= 4 is 5.69 Å². The summed E-state index contributed by atoms with van der Waals surface area (Å²) < 4.78 is 26.7. The Hall–Kier alpha value is -3.35. The molecule has 128 valence electrons. The van der Waals surface area contributed by atoms with Crippen molar-refractivity contribution in [3.8, 4) is 45.4 Å². The smallest absolute Gasteiger partial charge is 0.231 e. The van der Waals surface area contributed by atoms with Gasteiger partial charge in [-0.05, 0) is 29.8 Å². The minimum absolute atomic E-state index is 0.163. The predicted octanol–water partition coefficient (Wildman–Crippen LogP) is 3.34. The number of fused-ring (bicyclic) bond motifs is 1. The molecule has 0 saturated heterocycles. The van der Waals surface area contributed by atoms with Crippen LogP contribution in [0, 0.1) is 0 Å². The van der Waals surface area contributed by atoms with Crippen molar-refractivity contribution in [2.75, 3.05) is 26.7 Å². The first kappa shape index (κ1) is 15.2. The number of hydrogen-bond donors (Lipinski definition) is 1. The highest BCUT2D eigenvalue weighted by atomic mass is 16.7. The third-order valence-electron chi connectivity index (χ3n) is 4.04. The van der Waals surface area contributed by atoms with Crippen molar-refractivity contribution in [3.63, 3.8) is 0 Å². The van der Waals surface area contributed by atoms with E-state index in [9.17, 15) is 0 Å². The number of rotatable bonds is 4. The summed E-state index contributed by atoms with van der Waals surface area (Å²) in [5.41, 5.74) is 9.66. The van der Waals surface area contributed by atoms with E-state index in [1.54, 1.807) is 20.5 Å². The molecule has 2 aromatic carbocycles. The molecule has 1 aliphatic heterocycles. The van der Waals surface area contributed by atoms with Gasteiger partial charge in [0.25, 0.3) is 0 Å². The van der Waals surface area contributed by atoms with Crippen LogP contribution in [0.5, 0.6) is 23.0 Å². The fourth-order valence-corrected chi connectivity index (χ4v) is 2.82. The molecule has 0 atom stereocenters. The summed E-state index contributed by atoms with van der Waals surface area (Å²) in [6, 6.07) is 9.21. The van der Waals surface area contributed by atoms with Gasteiger partial charge in [0.1, 0.15) is 17.7 Å². The Labute approximate surface area is 143 Å². The normalized spacial score (nSPS) is 12.2. The molecule has 3 aromatic rings. The molecule has 0 bridgehead atoms. The van der Waals surface area contributed by atoms with Gasteiger partial charge in [0.15, 0.2) is 11.5 Å². The molecule has 7 nitrogen and oxygen atoms in total. The Balaban J connectivity index is 1.82. The summed E-state index contributed by atoms with van der Waals surface area (Å²) in [5, 5.41) is 4.14. The zero-order valence-corrected chi connectivity index (χ0v) is 13.7. The van der Waals surface area contributed by atoms with Crippen LogP contribution < -0.4 is 24.7 Å². The van der Waals surface area contributed by atoms with E-state index in [0.717, 1.165) is 16.7 Å². The molecule has 25 heavy (non-hydrogen) atoms. The van der Waals surface area contributed by atoms with E-state index < -0.39 is 0 Å². The zero-order valence-electron chi connectivity index (χ0n) is 13.7. The van der Waals surface area contributed by atoms with Gasteiger partial charge in [-0.2, -0.15) is 0 Å². The van der Waals surface area contributed by atoms with E-state index in [1.807, 2.05) is 30.3 Å². The van der Waals surface area contributed by atoms with Gasteiger partial charge in [0.2, 0.25) is 12.5 Å². The predicted molar refractivity (Wildman–Crippen MR) is 91.0 cm³/mol. The molecule has 0 unspecified atom stereocenters. The van der Waals surface area contributed by atoms with Crippen LogP contribution >= 0.6 is 0 Å². The number of anilines is 1. The molecule has 2 heterocycles. The number of hydrogen-bond acceptors (Lipinski definition) is 7. The first-order valence-corrected chi connectivity index (χ1v) is 7.57. The summed E-state index contributed by atoms with van der Waals surface area (Å²) in [6.07, 6.45) is 1.58. The molecule has 1 aromatic heterocycles. The maximum atomic E-state index is 6.01. The van der Waals surface area contributed by atoms with Crippen LogP contribution in [0.15, 0.2) is 41.1 Å². The van der Waals surface area contributed by atoms with E-state index in [0.29, 0.717) is 34.4 Å². The van der Waals surface area contributed by atoms with Gasteiger partial charge < -0.3 is 29.2 Å². The molecule has 1 aliphatic rings. The number of nitrogens with zero attached hydrogens (tertiary/aromatic N) is 1.